The lowest BCUT2D eigenvalue weighted by Gasteiger charge is -2.32. The van der Waals surface area contributed by atoms with E-state index in [1.54, 1.807) is 48.6 Å². The molecule has 0 bridgehead atoms. The molecule has 278 valence electrons. The van der Waals surface area contributed by atoms with Crippen molar-refractivity contribution in [2.45, 2.75) is 77.7 Å². The van der Waals surface area contributed by atoms with Crippen LogP contribution in [0.2, 0.25) is 0 Å². The Balaban J connectivity index is 2.05. The number of carbonyl (C=O) groups is 4. The topological polar surface area (TPSA) is 133 Å². The second kappa shape index (κ2) is 20.5. The van der Waals surface area contributed by atoms with Crippen molar-refractivity contribution in [2.24, 2.45) is 0 Å². The quantitative estimate of drug-likeness (QED) is 0.119. The Kier molecular flexibility index (Phi) is 17.2. The molecule has 0 aliphatic carbocycles. The molecule has 0 N–H and O–H groups in total. The fraction of sp³-hybridized carbons (Fsp3) is 0.568. The molecule has 2 rings (SSSR count). The molecule has 0 aromatic heterocycles. The van der Waals surface area contributed by atoms with Crippen LogP contribution in [0.5, 0.6) is 0 Å². The maximum absolute atomic E-state index is 13.4. The van der Waals surface area contributed by atoms with Gasteiger partial charge in [0.05, 0.1) is 0 Å². The SMILES string of the molecule is COCN(C(=O)OC(C)(C)C)[C@H](Cc1ccccc1)C(=O)OCCN(C)CCOC(=O)[C@@H](Cc1ccccc1)N(COC)C(=O)OC(C)(C)C. The summed E-state index contributed by atoms with van der Waals surface area (Å²) in [5.74, 6) is -1.22. The Morgan fingerprint density at radius 2 is 0.940 bits per heavy atom. The van der Waals surface area contributed by atoms with Gasteiger partial charge in [-0.1, -0.05) is 60.7 Å². The normalized spacial score (nSPS) is 12.8. The van der Waals surface area contributed by atoms with Gasteiger partial charge in [-0.05, 0) is 59.7 Å². The van der Waals surface area contributed by atoms with Gasteiger partial charge in [0.15, 0.2) is 0 Å². The summed E-state index contributed by atoms with van der Waals surface area (Å²) < 4.78 is 32.9. The van der Waals surface area contributed by atoms with Gasteiger partial charge in [0.2, 0.25) is 0 Å². The van der Waals surface area contributed by atoms with E-state index in [9.17, 15) is 19.2 Å². The molecule has 2 aromatic rings. The third kappa shape index (κ3) is 15.6. The van der Waals surface area contributed by atoms with Crippen LogP contribution in [0.4, 0.5) is 9.59 Å². The summed E-state index contributed by atoms with van der Waals surface area (Å²) in [6.45, 7) is 10.8. The van der Waals surface area contributed by atoms with Gasteiger partial charge in [-0.25, -0.2) is 19.2 Å². The van der Waals surface area contributed by atoms with E-state index in [0.717, 1.165) is 11.1 Å². The molecule has 0 heterocycles. The number of hydrogen-bond donors (Lipinski definition) is 0. The Labute approximate surface area is 296 Å². The smallest absolute Gasteiger partial charge is 0.412 e. The number of nitrogens with zero attached hydrogens (tertiary/aromatic N) is 3. The monoisotopic (exact) mass is 701 g/mol. The molecule has 2 amide bonds. The first kappa shape index (κ1) is 42.0. The number of hydrogen-bond acceptors (Lipinski definition) is 11. The predicted molar refractivity (Wildman–Crippen MR) is 187 cm³/mol. The fourth-order valence-corrected chi connectivity index (χ4v) is 4.68. The summed E-state index contributed by atoms with van der Waals surface area (Å²) in [5, 5.41) is 0. The van der Waals surface area contributed by atoms with Crippen LogP contribution in [0, 0.1) is 0 Å². The molecule has 0 spiro atoms. The highest BCUT2D eigenvalue weighted by Gasteiger charge is 2.36. The first-order valence-corrected chi connectivity index (χ1v) is 16.6. The Bertz CT molecular complexity index is 1230. The molecule has 13 heteroatoms. The number of ether oxygens (including phenoxy) is 6. The van der Waals surface area contributed by atoms with Gasteiger partial charge in [0.1, 0.15) is 50.0 Å². The molecule has 0 saturated carbocycles. The van der Waals surface area contributed by atoms with Crippen molar-refractivity contribution in [3.63, 3.8) is 0 Å². The van der Waals surface area contributed by atoms with Gasteiger partial charge in [0, 0.05) is 40.2 Å². The van der Waals surface area contributed by atoms with Crippen molar-refractivity contribution < 1.29 is 47.6 Å². The Hall–Kier alpha value is -4.20. The number of amides is 2. The zero-order valence-electron chi connectivity index (χ0n) is 31.0. The van der Waals surface area contributed by atoms with Crippen LogP contribution in [0.15, 0.2) is 60.7 Å². The summed E-state index contributed by atoms with van der Waals surface area (Å²) in [7, 11) is 4.65. The summed E-state index contributed by atoms with van der Waals surface area (Å²) in [5.41, 5.74) is 0.102. The van der Waals surface area contributed by atoms with Crippen molar-refractivity contribution in [1.82, 2.24) is 14.7 Å². The minimum Gasteiger partial charge on any atom is -0.463 e. The van der Waals surface area contributed by atoms with E-state index in [4.69, 9.17) is 28.4 Å². The summed E-state index contributed by atoms with van der Waals surface area (Å²) in [6, 6.07) is 16.6. The lowest BCUT2D eigenvalue weighted by atomic mass is 10.1. The predicted octanol–water partition coefficient (Wildman–Crippen LogP) is 4.91. The van der Waals surface area contributed by atoms with Crippen molar-refractivity contribution >= 4 is 24.1 Å². The van der Waals surface area contributed by atoms with E-state index in [-0.39, 0.29) is 39.5 Å². The molecule has 0 unspecified atom stereocenters. The maximum Gasteiger partial charge on any atom is 0.412 e. The summed E-state index contributed by atoms with van der Waals surface area (Å²) >= 11 is 0. The molecule has 13 nitrogen and oxygen atoms in total. The average molecular weight is 702 g/mol. The largest absolute Gasteiger partial charge is 0.463 e. The van der Waals surface area contributed by atoms with Gasteiger partial charge < -0.3 is 28.4 Å². The van der Waals surface area contributed by atoms with Gasteiger partial charge in [0.25, 0.3) is 0 Å². The van der Waals surface area contributed by atoms with E-state index in [1.807, 2.05) is 65.6 Å². The van der Waals surface area contributed by atoms with E-state index >= 15 is 0 Å². The van der Waals surface area contributed by atoms with Crippen molar-refractivity contribution in [1.29, 1.82) is 0 Å². The second-order valence-electron chi connectivity index (χ2n) is 13.8. The number of methoxy groups -OCH3 is 2. The fourth-order valence-electron chi connectivity index (χ4n) is 4.68. The average Bonchev–Trinajstić information content (AvgIpc) is 3.03. The van der Waals surface area contributed by atoms with E-state index in [1.165, 1.54) is 24.0 Å². The molecule has 50 heavy (non-hydrogen) atoms. The van der Waals surface area contributed by atoms with Gasteiger partial charge in [-0.3, -0.25) is 14.7 Å². The lowest BCUT2D eigenvalue weighted by molar-refractivity contribution is -0.152. The molecular weight excluding hydrogens is 646 g/mol. The van der Waals surface area contributed by atoms with Crippen LogP contribution in [-0.4, -0.2) is 123 Å². The molecule has 0 aliphatic rings. The summed E-state index contributed by atoms with van der Waals surface area (Å²) in [6.07, 6.45) is -1.00. The molecule has 0 saturated heterocycles. The number of esters is 2. The minimum absolute atomic E-state index is 0.0145. The third-order valence-corrected chi connectivity index (χ3v) is 7.07. The van der Waals surface area contributed by atoms with Crippen molar-refractivity contribution in [3.05, 3.63) is 71.8 Å². The molecule has 0 fully saturated rings. The second-order valence-corrected chi connectivity index (χ2v) is 13.8. The molecular formula is C37H55N3O10. The van der Waals surface area contributed by atoms with E-state index in [2.05, 4.69) is 0 Å². The number of benzene rings is 2. The zero-order valence-corrected chi connectivity index (χ0v) is 31.0. The van der Waals surface area contributed by atoms with Crippen LogP contribution in [0.1, 0.15) is 52.7 Å². The first-order valence-electron chi connectivity index (χ1n) is 16.6. The standard InChI is InChI=1S/C37H55N3O10/c1-36(2,3)49-34(43)39(26-45-8)30(24-28-16-12-10-13-17-28)32(41)47-22-20-38(7)21-23-48-33(42)31(25-29-18-14-11-15-19-29)40(27-46-9)35(44)50-37(4,5)6/h10-19,30-31H,20-27H2,1-9H3/t30-,31-/m1/s1. The molecule has 0 radical (unpaired) electrons. The molecule has 2 atom stereocenters. The zero-order chi connectivity index (χ0) is 37.3. The lowest BCUT2D eigenvalue weighted by Crippen LogP contribution is -2.50. The summed E-state index contributed by atoms with van der Waals surface area (Å²) in [4.78, 5) is 57.3. The van der Waals surface area contributed by atoms with Gasteiger partial charge in [-0.2, -0.15) is 0 Å². The third-order valence-electron chi connectivity index (χ3n) is 7.07. The van der Waals surface area contributed by atoms with Crippen molar-refractivity contribution in [3.8, 4) is 0 Å². The Morgan fingerprint density at radius 1 is 0.600 bits per heavy atom. The highest BCUT2D eigenvalue weighted by Crippen LogP contribution is 2.18. The van der Waals surface area contributed by atoms with Gasteiger partial charge in [-0.15, -0.1) is 0 Å². The molecule has 2 aromatic carbocycles. The number of carbonyl (C=O) groups excluding carboxylic acids is 4. The first-order chi connectivity index (χ1) is 23.5. The van der Waals surface area contributed by atoms with Crippen LogP contribution < -0.4 is 0 Å². The Morgan fingerprint density at radius 3 is 1.24 bits per heavy atom. The van der Waals surface area contributed by atoms with Crippen LogP contribution in [-0.2, 0) is 50.9 Å². The van der Waals surface area contributed by atoms with E-state index < -0.39 is 47.4 Å². The highest BCUT2D eigenvalue weighted by molar-refractivity contribution is 5.82. The van der Waals surface area contributed by atoms with Crippen LogP contribution in [0.3, 0.4) is 0 Å². The molecule has 0 aliphatic heterocycles. The highest BCUT2D eigenvalue weighted by atomic mass is 16.6. The number of rotatable bonds is 18. The van der Waals surface area contributed by atoms with Gasteiger partial charge >= 0.3 is 24.1 Å². The van der Waals surface area contributed by atoms with Crippen LogP contribution >= 0.6 is 0 Å². The minimum atomic E-state index is -1.000. The van der Waals surface area contributed by atoms with E-state index in [0.29, 0.717) is 13.1 Å². The maximum atomic E-state index is 13.4. The van der Waals surface area contributed by atoms with Crippen LogP contribution in [0.25, 0.3) is 0 Å². The van der Waals surface area contributed by atoms with Crippen molar-refractivity contribution in [2.75, 3.05) is 61.0 Å². The number of likely N-dealkylation sites (N-methyl/N-ethyl adjacent to an activating group) is 1.